The fraction of sp³-hybridized carbons (Fsp3) is 0.800. The molecule has 0 bridgehead atoms. The molecule has 0 spiro atoms. The normalized spacial score (nSPS) is 10.0. The summed E-state index contributed by atoms with van der Waals surface area (Å²) in [5.41, 5.74) is 0. The van der Waals surface area contributed by atoms with Gasteiger partial charge < -0.3 is 9.84 Å². The van der Waals surface area contributed by atoms with Crippen LogP contribution in [0, 0.1) is 5.92 Å². The summed E-state index contributed by atoms with van der Waals surface area (Å²) in [6.45, 7) is 9.07. The number of esters is 1. The SMILES string of the molecule is C=COC(C)=O.CC(C)CCCCCCCCCCCCC(=O)O. The molecule has 0 rings (SSSR count). The molecule has 142 valence electrons. The van der Waals surface area contributed by atoms with Crippen molar-refractivity contribution in [3.05, 3.63) is 12.8 Å². The van der Waals surface area contributed by atoms with Gasteiger partial charge in [-0.25, -0.2) is 0 Å². The molecule has 0 saturated carbocycles. The van der Waals surface area contributed by atoms with Crippen molar-refractivity contribution in [2.24, 2.45) is 5.92 Å². The van der Waals surface area contributed by atoms with Gasteiger partial charge in [-0.15, -0.1) is 0 Å². The Morgan fingerprint density at radius 2 is 1.33 bits per heavy atom. The molecule has 0 fully saturated rings. The van der Waals surface area contributed by atoms with E-state index in [1.165, 1.54) is 64.7 Å². The number of carboxylic acids is 1. The quantitative estimate of drug-likeness (QED) is 0.235. The molecule has 24 heavy (non-hydrogen) atoms. The number of carbonyl (C=O) groups excluding carboxylic acids is 1. The summed E-state index contributed by atoms with van der Waals surface area (Å²) >= 11 is 0. The minimum atomic E-state index is -0.656. The topological polar surface area (TPSA) is 63.6 Å². The summed E-state index contributed by atoms with van der Waals surface area (Å²) in [5, 5.41) is 8.49. The molecule has 0 saturated heterocycles. The number of aliphatic carboxylic acids is 1. The monoisotopic (exact) mass is 342 g/mol. The summed E-state index contributed by atoms with van der Waals surface area (Å²) in [7, 11) is 0. The second-order valence-electron chi connectivity index (χ2n) is 6.64. The predicted molar refractivity (Wildman–Crippen MR) is 99.8 cm³/mol. The van der Waals surface area contributed by atoms with E-state index in [-0.39, 0.29) is 5.97 Å². The predicted octanol–water partition coefficient (Wildman–Crippen LogP) is 6.10. The van der Waals surface area contributed by atoms with E-state index in [2.05, 4.69) is 25.2 Å². The van der Waals surface area contributed by atoms with Gasteiger partial charge in [0.25, 0.3) is 0 Å². The number of hydrogen-bond donors (Lipinski definition) is 1. The van der Waals surface area contributed by atoms with Crippen molar-refractivity contribution in [3.8, 4) is 0 Å². The van der Waals surface area contributed by atoms with E-state index in [9.17, 15) is 9.59 Å². The lowest BCUT2D eigenvalue weighted by atomic mass is 10.0. The molecule has 0 aliphatic carbocycles. The molecule has 0 aliphatic heterocycles. The van der Waals surface area contributed by atoms with Gasteiger partial charge in [0, 0.05) is 13.3 Å². The van der Waals surface area contributed by atoms with Crippen LogP contribution in [0.5, 0.6) is 0 Å². The van der Waals surface area contributed by atoms with E-state index in [0.29, 0.717) is 6.42 Å². The molecule has 0 atom stereocenters. The van der Waals surface area contributed by atoms with E-state index >= 15 is 0 Å². The van der Waals surface area contributed by atoms with Crippen molar-refractivity contribution in [3.63, 3.8) is 0 Å². The van der Waals surface area contributed by atoms with Crippen molar-refractivity contribution >= 4 is 11.9 Å². The molecule has 0 radical (unpaired) electrons. The Labute approximate surface area is 148 Å². The third kappa shape index (κ3) is 28.8. The van der Waals surface area contributed by atoms with Crippen LogP contribution in [-0.2, 0) is 14.3 Å². The van der Waals surface area contributed by atoms with Crippen LogP contribution in [0.3, 0.4) is 0 Å². The summed E-state index contributed by atoms with van der Waals surface area (Å²) in [6.07, 6.45) is 15.5. The van der Waals surface area contributed by atoms with Crippen LogP contribution in [-0.4, -0.2) is 17.0 Å². The number of unbranched alkanes of at least 4 members (excludes halogenated alkanes) is 9. The molecule has 0 aromatic carbocycles. The van der Waals surface area contributed by atoms with Gasteiger partial charge in [0.2, 0.25) is 0 Å². The van der Waals surface area contributed by atoms with E-state index < -0.39 is 5.97 Å². The average molecular weight is 343 g/mol. The van der Waals surface area contributed by atoms with Crippen LogP contribution in [0.2, 0.25) is 0 Å². The van der Waals surface area contributed by atoms with Crippen LogP contribution in [0.1, 0.15) is 97.8 Å². The minimum absolute atomic E-state index is 0.329. The summed E-state index contributed by atoms with van der Waals surface area (Å²) in [5.74, 6) is -0.128. The lowest BCUT2D eigenvalue weighted by Gasteiger charge is -2.04. The van der Waals surface area contributed by atoms with Crippen molar-refractivity contribution in [1.29, 1.82) is 0 Å². The molecule has 0 amide bonds. The standard InChI is InChI=1S/C16H32O2.C4H6O2/c1-15(2)13-11-9-7-5-3-4-6-8-10-12-14-16(17)18;1-3-6-4(2)5/h15H,3-14H2,1-2H3,(H,17,18);3H,1H2,2H3. The van der Waals surface area contributed by atoms with Crippen molar-refractivity contribution in [2.45, 2.75) is 97.8 Å². The Balaban J connectivity index is 0. The molecule has 4 nitrogen and oxygen atoms in total. The van der Waals surface area contributed by atoms with Gasteiger partial charge >= 0.3 is 11.9 Å². The molecule has 1 N–H and O–H groups in total. The first kappa shape index (κ1) is 24.9. The summed E-state index contributed by atoms with van der Waals surface area (Å²) in [6, 6.07) is 0. The van der Waals surface area contributed by atoms with Crippen LogP contribution >= 0.6 is 0 Å². The lowest BCUT2D eigenvalue weighted by Crippen LogP contribution is -1.93. The smallest absolute Gasteiger partial charge is 0.307 e. The highest BCUT2D eigenvalue weighted by Crippen LogP contribution is 2.13. The van der Waals surface area contributed by atoms with E-state index in [0.717, 1.165) is 25.0 Å². The molecule has 0 unspecified atom stereocenters. The second-order valence-corrected chi connectivity index (χ2v) is 6.64. The number of carboxylic acid groups (broad SMARTS) is 1. The zero-order valence-electron chi connectivity index (χ0n) is 16.0. The Kier molecular flexibility index (Phi) is 20.5. The Morgan fingerprint density at radius 1 is 0.917 bits per heavy atom. The molecule has 0 heterocycles. The van der Waals surface area contributed by atoms with Gasteiger partial charge in [0.1, 0.15) is 0 Å². The number of ether oxygens (including phenoxy) is 1. The highest BCUT2D eigenvalue weighted by molar-refractivity contribution is 5.66. The Hall–Kier alpha value is -1.32. The summed E-state index contributed by atoms with van der Waals surface area (Å²) < 4.78 is 4.17. The van der Waals surface area contributed by atoms with Crippen LogP contribution in [0.25, 0.3) is 0 Å². The Morgan fingerprint density at radius 3 is 1.62 bits per heavy atom. The maximum atomic E-state index is 10.3. The molecular weight excluding hydrogens is 304 g/mol. The van der Waals surface area contributed by atoms with E-state index in [1.807, 2.05) is 0 Å². The first-order chi connectivity index (χ1) is 11.4. The molecule has 0 aromatic heterocycles. The third-order valence-corrected chi connectivity index (χ3v) is 3.67. The number of carbonyl (C=O) groups is 2. The largest absolute Gasteiger partial charge is 0.481 e. The zero-order valence-corrected chi connectivity index (χ0v) is 16.0. The molecule has 0 aliphatic rings. The van der Waals surface area contributed by atoms with Gasteiger partial charge in [0.05, 0.1) is 6.26 Å². The maximum absolute atomic E-state index is 10.3. The number of hydrogen-bond acceptors (Lipinski definition) is 3. The van der Waals surface area contributed by atoms with Gasteiger partial charge in [-0.2, -0.15) is 0 Å². The molecule has 0 aromatic rings. The van der Waals surface area contributed by atoms with Gasteiger partial charge in [-0.05, 0) is 12.3 Å². The van der Waals surface area contributed by atoms with Crippen LogP contribution in [0.4, 0.5) is 0 Å². The second kappa shape index (κ2) is 19.7. The van der Waals surface area contributed by atoms with E-state index in [1.54, 1.807) is 0 Å². The van der Waals surface area contributed by atoms with E-state index in [4.69, 9.17) is 5.11 Å². The fourth-order valence-corrected chi connectivity index (χ4v) is 2.36. The zero-order chi connectivity index (χ0) is 18.6. The van der Waals surface area contributed by atoms with Gasteiger partial charge in [-0.3, -0.25) is 9.59 Å². The first-order valence-corrected chi connectivity index (χ1v) is 9.40. The van der Waals surface area contributed by atoms with Crippen molar-refractivity contribution in [2.75, 3.05) is 0 Å². The first-order valence-electron chi connectivity index (χ1n) is 9.40. The highest BCUT2D eigenvalue weighted by Gasteiger charge is 1.97. The molecule has 4 heteroatoms. The maximum Gasteiger partial charge on any atom is 0.307 e. The van der Waals surface area contributed by atoms with Crippen LogP contribution < -0.4 is 0 Å². The third-order valence-electron chi connectivity index (χ3n) is 3.67. The number of rotatable bonds is 14. The highest BCUT2D eigenvalue weighted by atomic mass is 16.5. The van der Waals surface area contributed by atoms with Gasteiger partial charge in [0.15, 0.2) is 0 Å². The average Bonchev–Trinajstić information content (AvgIpc) is 2.48. The minimum Gasteiger partial charge on any atom is -0.481 e. The summed E-state index contributed by atoms with van der Waals surface area (Å²) in [4.78, 5) is 20.1. The van der Waals surface area contributed by atoms with Crippen molar-refractivity contribution < 1.29 is 19.4 Å². The molecular formula is C20H38O4. The van der Waals surface area contributed by atoms with Gasteiger partial charge in [-0.1, -0.05) is 84.6 Å². The lowest BCUT2D eigenvalue weighted by molar-refractivity contribution is -0.137. The van der Waals surface area contributed by atoms with Crippen molar-refractivity contribution in [1.82, 2.24) is 0 Å². The van der Waals surface area contributed by atoms with Crippen LogP contribution in [0.15, 0.2) is 12.8 Å². The Bertz CT molecular complexity index is 311. The fourth-order valence-electron chi connectivity index (χ4n) is 2.36.